The van der Waals surface area contributed by atoms with Crippen molar-refractivity contribution in [3.05, 3.63) is 35.2 Å². The van der Waals surface area contributed by atoms with Gasteiger partial charge in [-0.3, -0.25) is 0 Å². The molecule has 0 saturated carbocycles. The summed E-state index contributed by atoms with van der Waals surface area (Å²) in [4.78, 5) is 24.0. The topological polar surface area (TPSA) is 181 Å². The Morgan fingerprint density at radius 3 is 2.42 bits per heavy atom. The SMILES string of the molecule is COC(=O)c1sc(-c2ccc(OC3OC(CO)C(O)C(O)C3O)cc2)cc1NC(N)=O. The number of rotatable bonds is 6. The molecule has 11 nitrogen and oxygen atoms in total. The quantitative estimate of drug-likeness (QED) is 0.324. The highest BCUT2D eigenvalue weighted by Gasteiger charge is 2.44. The Balaban J connectivity index is 1.78. The lowest BCUT2D eigenvalue weighted by Gasteiger charge is -2.39. The maximum absolute atomic E-state index is 12.0. The highest BCUT2D eigenvalue weighted by molar-refractivity contribution is 7.18. The molecule has 2 amide bonds. The minimum absolute atomic E-state index is 0.179. The van der Waals surface area contributed by atoms with Crippen molar-refractivity contribution in [1.82, 2.24) is 0 Å². The number of amides is 2. The Morgan fingerprint density at radius 1 is 1.16 bits per heavy atom. The summed E-state index contributed by atoms with van der Waals surface area (Å²) in [6.45, 7) is -0.563. The van der Waals surface area contributed by atoms with Crippen LogP contribution >= 0.6 is 11.3 Å². The second kappa shape index (κ2) is 9.60. The second-order valence-electron chi connectivity index (χ2n) is 6.67. The summed E-state index contributed by atoms with van der Waals surface area (Å²) in [6.07, 6.45) is -6.94. The van der Waals surface area contributed by atoms with E-state index in [0.29, 0.717) is 10.4 Å². The molecule has 0 aliphatic carbocycles. The molecule has 1 fully saturated rings. The lowest BCUT2D eigenvalue weighted by Crippen LogP contribution is -2.60. The number of primary amides is 1. The van der Waals surface area contributed by atoms with Crippen LogP contribution < -0.4 is 15.8 Å². The van der Waals surface area contributed by atoms with Gasteiger partial charge in [-0.1, -0.05) is 0 Å². The normalized spacial score (nSPS) is 25.6. The van der Waals surface area contributed by atoms with E-state index in [-0.39, 0.29) is 16.3 Å². The van der Waals surface area contributed by atoms with Crippen LogP contribution in [0.15, 0.2) is 30.3 Å². The maximum Gasteiger partial charge on any atom is 0.350 e. The Kier molecular flexibility index (Phi) is 7.10. The molecule has 7 N–H and O–H groups in total. The van der Waals surface area contributed by atoms with Crippen LogP contribution in [0.2, 0.25) is 0 Å². The van der Waals surface area contributed by atoms with E-state index in [9.17, 15) is 30.0 Å². The van der Waals surface area contributed by atoms with E-state index < -0.39 is 49.3 Å². The zero-order chi connectivity index (χ0) is 22.7. The smallest absolute Gasteiger partial charge is 0.350 e. The van der Waals surface area contributed by atoms with Crippen LogP contribution in [-0.4, -0.2) is 76.8 Å². The van der Waals surface area contributed by atoms with Crippen LogP contribution in [0.25, 0.3) is 10.4 Å². The third kappa shape index (κ3) is 4.95. The van der Waals surface area contributed by atoms with E-state index in [1.54, 1.807) is 30.3 Å². The molecule has 12 heteroatoms. The predicted molar refractivity (Wildman–Crippen MR) is 109 cm³/mol. The van der Waals surface area contributed by atoms with Gasteiger partial charge in [0, 0.05) is 4.88 Å². The molecular formula is C19H22N2O9S. The first-order valence-corrected chi connectivity index (χ1v) is 9.93. The zero-order valence-corrected chi connectivity index (χ0v) is 17.1. The number of ether oxygens (including phenoxy) is 3. The molecule has 1 aliphatic rings. The Bertz CT molecular complexity index is 931. The fourth-order valence-corrected chi connectivity index (χ4v) is 4.04. The Morgan fingerprint density at radius 2 is 1.84 bits per heavy atom. The number of hydrogen-bond donors (Lipinski definition) is 6. The molecule has 1 aliphatic heterocycles. The number of nitrogens with two attached hydrogens (primary N) is 1. The maximum atomic E-state index is 12.0. The first-order chi connectivity index (χ1) is 14.7. The average Bonchev–Trinajstić information content (AvgIpc) is 3.17. The number of urea groups is 1. The first kappa shape index (κ1) is 22.9. The van der Waals surface area contributed by atoms with Crippen molar-refractivity contribution in [3.8, 4) is 16.2 Å². The third-order valence-corrected chi connectivity index (χ3v) is 5.76. The molecule has 168 valence electrons. The minimum atomic E-state index is -1.55. The van der Waals surface area contributed by atoms with Gasteiger partial charge in [-0.05, 0) is 35.9 Å². The van der Waals surface area contributed by atoms with Crippen LogP contribution in [0.1, 0.15) is 9.67 Å². The number of hydrogen-bond acceptors (Lipinski definition) is 10. The minimum Gasteiger partial charge on any atom is -0.465 e. The molecule has 0 radical (unpaired) electrons. The second-order valence-corrected chi connectivity index (χ2v) is 7.73. The number of carbonyl (C=O) groups is 2. The van der Waals surface area contributed by atoms with Crippen molar-refractivity contribution in [2.24, 2.45) is 5.73 Å². The van der Waals surface area contributed by atoms with Gasteiger partial charge in [0.05, 0.1) is 19.4 Å². The van der Waals surface area contributed by atoms with Gasteiger partial charge in [-0.2, -0.15) is 0 Å². The highest BCUT2D eigenvalue weighted by atomic mass is 32.1. The lowest BCUT2D eigenvalue weighted by molar-refractivity contribution is -0.277. The van der Waals surface area contributed by atoms with Crippen LogP contribution in [0.5, 0.6) is 5.75 Å². The summed E-state index contributed by atoms with van der Waals surface area (Å²) < 4.78 is 15.6. The molecule has 0 bridgehead atoms. The molecular weight excluding hydrogens is 432 g/mol. The number of methoxy groups -OCH3 is 1. The molecule has 3 rings (SSSR count). The van der Waals surface area contributed by atoms with E-state index in [0.717, 1.165) is 11.3 Å². The number of aliphatic hydroxyl groups is 4. The summed E-state index contributed by atoms with van der Waals surface area (Å²) in [5.41, 5.74) is 6.06. The third-order valence-electron chi connectivity index (χ3n) is 4.60. The van der Waals surface area contributed by atoms with Crippen molar-refractivity contribution in [3.63, 3.8) is 0 Å². The standard InChI is InChI=1S/C19H22N2O9S/c1-28-17(26)16-10(21-19(20)27)6-12(31-16)8-2-4-9(5-3-8)29-18-15(25)14(24)13(23)11(7-22)30-18/h2-6,11,13-15,18,22-25H,7H2,1H3,(H3,20,21,27). The van der Waals surface area contributed by atoms with Gasteiger partial charge in [-0.15, -0.1) is 11.3 Å². The number of carbonyl (C=O) groups excluding carboxylic acids is 2. The van der Waals surface area contributed by atoms with E-state index >= 15 is 0 Å². The number of thiophene rings is 1. The highest BCUT2D eigenvalue weighted by Crippen LogP contribution is 2.36. The predicted octanol–water partition coefficient (Wildman–Crippen LogP) is -0.129. The first-order valence-electron chi connectivity index (χ1n) is 9.11. The molecule has 2 aromatic rings. The van der Waals surface area contributed by atoms with Crippen molar-refractivity contribution in [1.29, 1.82) is 0 Å². The molecule has 31 heavy (non-hydrogen) atoms. The fraction of sp³-hybridized carbons (Fsp3) is 0.368. The number of nitrogens with one attached hydrogen (secondary N) is 1. The molecule has 1 aromatic heterocycles. The van der Waals surface area contributed by atoms with Gasteiger partial charge in [0.1, 0.15) is 35.0 Å². The van der Waals surface area contributed by atoms with Crippen LogP contribution in [0, 0.1) is 0 Å². The lowest BCUT2D eigenvalue weighted by atomic mass is 9.99. The van der Waals surface area contributed by atoms with Gasteiger partial charge >= 0.3 is 12.0 Å². The number of esters is 1. The van der Waals surface area contributed by atoms with Crippen molar-refractivity contribution >= 4 is 29.0 Å². The van der Waals surface area contributed by atoms with Gasteiger partial charge in [0.15, 0.2) is 0 Å². The number of benzene rings is 1. The summed E-state index contributed by atoms with van der Waals surface area (Å²) in [7, 11) is 1.22. The molecule has 0 spiro atoms. The number of anilines is 1. The fourth-order valence-electron chi connectivity index (χ4n) is 3.00. The van der Waals surface area contributed by atoms with Crippen molar-refractivity contribution in [2.45, 2.75) is 30.7 Å². The van der Waals surface area contributed by atoms with Crippen LogP contribution in [0.4, 0.5) is 10.5 Å². The largest absolute Gasteiger partial charge is 0.465 e. The Labute approximate surface area is 180 Å². The summed E-state index contributed by atoms with van der Waals surface area (Å²) in [5.74, 6) is -0.337. The van der Waals surface area contributed by atoms with Gasteiger partial charge in [0.25, 0.3) is 0 Å². The van der Waals surface area contributed by atoms with Crippen LogP contribution in [0.3, 0.4) is 0 Å². The molecule has 2 heterocycles. The van der Waals surface area contributed by atoms with Crippen LogP contribution in [-0.2, 0) is 9.47 Å². The van der Waals surface area contributed by atoms with E-state index in [2.05, 4.69) is 5.32 Å². The molecule has 1 saturated heterocycles. The average molecular weight is 454 g/mol. The summed E-state index contributed by atoms with van der Waals surface area (Å²) in [6, 6.07) is 7.22. The van der Waals surface area contributed by atoms with Gasteiger partial charge in [-0.25, -0.2) is 9.59 Å². The van der Waals surface area contributed by atoms with E-state index in [1.165, 1.54) is 7.11 Å². The summed E-state index contributed by atoms with van der Waals surface area (Å²) >= 11 is 1.09. The van der Waals surface area contributed by atoms with Gasteiger partial charge < -0.3 is 45.7 Å². The van der Waals surface area contributed by atoms with E-state index in [1.807, 2.05) is 0 Å². The zero-order valence-electron chi connectivity index (χ0n) is 16.3. The molecule has 5 atom stereocenters. The Hall–Kier alpha value is -2.74. The molecule has 1 aromatic carbocycles. The van der Waals surface area contributed by atoms with Gasteiger partial charge in [0.2, 0.25) is 6.29 Å². The van der Waals surface area contributed by atoms with Crippen molar-refractivity contribution < 1.29 is 44.2 Å². The van der Waals surface area contributed by atoms with Crippen molar-refractivity contribution in [2.75, 3.05) is 19.0 Å². The van der Waals surface area contributed by atoms with E-state index in [4.69, 9.17) is 19.9 Å². The monoisotopic (exact) mass is 454 g/mol. The summed E-state index contributed by atoms with van der Waals surface area (Å²) in [5, 5.41) is 41.4. The molecule has 5 unspecified atom stereocenters. The number of aliphatic hydroxyl groups excluding tert-OH is 4.